The lowest BCUT2D eigenvalue weighted by Gasteiger charge is -2.03. The maximum atomic E-state index is 12.4. The maximum Gasteiger partial charge on any atom is 0.311 e. The fraction of sp³-hybridized carbons (Fsp3) is 0.200. The summed E-state index contributed by atoms with van der Waals surface area (Å²) in [6, 6.07) is 16.9. The van der Waals surface area contributed by atoms with E-state index < -0.39 is 28.1 Å². The van der Waals surface area contributed by atoms with E-state index in [1.807, 2.05) is 18.2 Å². The third-order valence-electron chi connectivity index (χ3n) is 5.11. The average molecular weight is 390 g/mol. The topological polar surface area (TPSA) is 132 Å². The molecule has 0 radical (unpaired) electrons. The summed E-state index contributed by atoms with van der Waals surface area (Å²) in [7, 11) is 1.24. The van der Waals surface area contributed by atoms with Gasteiger partial charge >= 0.3 is 5.97 Å². The number of nitriles is 1. The SMILES string of the molecule is COC(=O)[C@@H]1[C@@H](c2ccc([N+](=O)[O-])cc2)[C@@]1(C#N)c1nnc(-c2ccccc2)o1. The minimum Gasteiger partial charge on any atom is -0.469 e. The van der Waals surface area contributed by atoms with Gasteiger partial charge in [-0.1, -0.05) is 30.3 Å². The Bertz CT molecular complexity index is 1120. The molecular weight excluding hydrogens is 376 g/mol. The molecular formula is C20H14N4O5. The van der Waals surface area contributed by atoms with Crippen LogP contribution in [0, 0.1) is 27.4 Å². The van der Waals surface area contributed by atoms with Crippen molar-refractivity contribution in [2.24, 2.45) is 5.92 Å². The monoisotopic (exact) mass is 390 g/mol. The predicted molar refractivity (Wildman–Crippen MR) is 98.4 cm³/mol. The molecule has 9 nitrogen and oxygen atoms in total. The van der Waals surface area contributed by atoms with Crippen molar-refractivity contribution >= 4 is 11.7 Å². The molecule has 0 amide bonds. The first-order chi connectivity index (χ1) is 14.0. The van der Waals surface area contributed by atoms with Crippen molar-refractivity contribution in [1.29, 1.82) is 5.26 Å². The van der Waals surface area contributed by atoms with Crippen molar-refractivity contribution in [2.45, 2.75) is 11.3 Å². The van der Waals surface area contributed by atoms with E-state index >= 15 is 0 Å². The summed E-state index contributed by atoms with van der Waals surface area (Å²) in [6.45, 7) is 0. The van der Waals surface area contributed by atoms with Gasteiger partial charge in [0.1, 0.15) is 0 Å². The molecule has 4 rings (SSSR count). The van der Waals surface area contributed by atoms with Gasteiger partial charge in [-0.05, 0) is 17.7 Å². The summed E-state index contributed by atoms with van der Waals surface area (Å²) >= 11 is 0. The van der Waals surface area contributed by atoms with Gasteiger partial charge in [-0.2, -0.15) is 5.26 Å². The fourth-order valence-electron chi connectivity index (χ4n) is 3.64. The van der Waals surface area contributed by atoms with E-state index in [1.54, 1.807) is 12.1 Å². The molecule has 2 aromatic carbocycles. The minimum absolute atomic E-state index is 0.0117. The Balaban J connectivity index is 1.76. The van der Waals surface area contributed by atoms with Gasteiger partial charge in [0.2, 0.25) is 11.8 Å². The molecule has 0 N–H and O–H groups in total. The molecule has 0 saturated heterocycles. The number of carbonyl (C=O) groups is 1. The number of carbonyl (C=O) groups excluding carboxylic acids is 1. The van der Waals surface area contributed by atoms with Gasteiger partial charge in [0.05, 0.1) is 24.0 Å². The summed E-state index contributed by atoms with van der Waals surface area (Å²) in [5.41, 5.74) is -0.229. The third-order valence-corrected chi connectivity index (χ3v) is 5.11. The van der Waals surface area contributed by atoms with Crippen LogP contribution in [0.25, 0.3) is 11.5 Å². The van der Waals surface area contributed by atoms with Crippen LogP contribution in [0.3, 0.4) is 0 Å². The highest BCUT2D eigenvalue weighted by Crippen LogP contribution is 2.65. The number of non-ortho nitro benzene ring substituents is 1. The zero-order valence-corrected chi connectivity index (χ0v) is 15.2. The molecule has 3 aromatic rings. The number of nitro groups is 1. The van der Waals surface area contributed by atoms with Crippen LogP contribution < -0.4 is 0 Å². The molecule has 0 spiro atoms. The quantitative estimate of drug-likeness (QED) is 0.369. The molecule has 9 heteroatoms. The van der Waals surface area contributed by atoms with Crippen molar-refractivity contribution in [2.75, 3.05) is 7.11 Å². The van der Waals surface area contributed by atoms with Gasteiger partial charge in [0.15, 0.2) is 5.41 Å². The number of hydrogen-bond acceptors (Lipinski definition) is 8. The summed E-state index contributed by atoms with van der Waals surface area (Å²) in [6.07, 6.45) is 0. The predicted octanol–water partition coefficient (Wildman–Crippen LogP) is 2.99. The number of aromatic nitrogens is 2. The molecule has 1 aliphatic rings. The average Bonchev–Trinajstić information content (AvgIpc) is 3.19. The maximum absolute atomic E-state index is 12.4. The summed E-state index contributed by atoms with van der Waals surface area (Å²) < 4.78 is 10.6. The Morgan fingerprint density at radius 1 is 1.21 bits per heavy atom. The van der Waals surface area contributed by atoms with Crippen LogP contribution in [0.2, 0.25) is 0 Å². The molecule has 1 fully saturated rings. The van der Waals surface area contributed by atoms with Crippen molar-refractivity contribution in [1.82, 2.24) is 10.2 Å². The van der Waals surface area contributed by atoms with E-state index in [4.69, 9.17) is 9.15 Å². The normalized spacial score (nSPS) is 22.5. The Kier molecular flexibility index (Phi) is 4.31. The van der Waals surface area contributed by atoms with Gasteiger partial charge < -0.3 is 9.15 Å². The van der Waals surface area contributed by atoms with Crippen molar-refractivity contribution in [3.05, 3.63) is 76.2 Å². The van der Waals surface area contributed by atoms with Crippen LogP contribution in [0.1, 0.15) is 17.4 Å². The van der Waals surface area contributed by atoms with E-state index in [9.17, 15) is 20.2 Å². The third kappa shape index (κ3) is 2.82. The molecule has 3 atom stereocenters. The Labute approximate surface area is 164 Å². The smallest absolute Gasteiger partial charge is 0.311 e. The highest BCUT2D eigenvalue weighted by molar-refractivity contribution is 5.83. The summed E-state index contributed by atoms with van der Waals surface area (Å²) in [5.74, 6) is -1.83. The minimum atomic E-state index is -1.40. The second-order valence-corrected chi connectivity index (χ2v) is 6.59. The van der Waals surface area contributed by atoms with Crippen molar-refractivity contribution < 1.29 is 18.9 Å². The van der Waals surface area contributed by atoms with E-state index in [0.717, 1.165) is 0 Å². The van der Waals surface area contributed by atoms with Crippen LogP contribution in [0.15, 0.2) is 59.0 Å². The molecule has 1 saturated carbocycles. The molecule has 0 aliphatic heterocycles. The van der Waals surface area contributed by atoms with E-state index in [1.165, 1.54) is 31.4 Å². The first-order valence-corrected chi connectivity index (χ1v) is 8.65. The Morgan fingerprint density at radius 3 is 2.48 bits per heavy atom. The molecule has 0 bridgehead atoms. The number of methoxy groups -OCH3 is 1. The first kappa shape index (κ1) is 18.3. The van der Waals surface area contributed by atoms with Gasteiger partial charge in [0, 0.05) is 23.6 Å². The number of benzene rings is 2. The van der Waals surface area contributed by atoms with Gasteiger partial charge in [-0.15, -0.1) is 10.2 Å². The lowest BCUT2D eigenvalue weighted by molar-refractivity contribution is -0.384. The number of nitrogens with zero attached hydrogens (tertiary/aromatic N) is 4. The van der Waals surface area contributed by atoms with Crippen LogP contribution >= 0.6 is 0 Å². The largest absolute Gasteiger partial charge is 0.469 e. The molecule has 0 unspecified atom stereocenters. The molecule has 1 aromatic heterocycles. The zero-order chi connectivity index (χ0) is 20.6. The summed E-state index contributed by atoms with van der Waals surface area (Å²) in [5, 5.41) is 28.9. The number of hydrogen-bond donors (Lipinski definition) is 0. The number of esters is 1. The van der Waals surface area contributed by atoms with Crippen LogP contribution in [0.4, 0.5) is 5.69 Å². The van der Waals surface area contributed by atoms with Crippen LogP contribution in [-0.2, 0) is 14.9 Å². The lowest BCUT2D eigenvalue weighted by atomic mass is 10.00. The summed E-state index contributed by atoms with van der Waals surface area (Å²) in [4.78, 5) is 22.8. The molecule has 29 heavy (non-hydrogen) atoms. The Morgan fingerprint density at radius 2 is 1.90 bits per heavy atom. The zero-order valence-electron chi connectivity index (χ0n) is 15.2. The highest BCUT2D eigenvalue weighted by atomic mass is 16.6. The van der Waals surface area contributed by atoms with E-state index in [2.05, 4.69) is 16.3 Å². The first-order valence-electron chi connectivity index (χ1n) is 8.65. The highest BCUT2D eigenvalue weighted by Gasteiger charge is 2.74. The number of rotatable bonds is 5. The molecule has 144 valence electrons. The van der Waals surface area contributed by atoms with Crippen molar-refractivity contribution in [3.8, 4) is 17.5 Å². The second-order valence-electron chi connectivity index (χ2n) is 6.59. The number of nitro benzene ring substituents is 1. The van der Waals surface area contributed by atoms with Crippen LogP contribution in [0.5, 0.6) is 0 Å². The van der Waals surface area contributed by atoms with E-state index in [-0.39, 0.29) is 17.5 Å². The number of ether oxygens (including phenoxy) is 1. The Hall–Kier alpha value is -4.06. The second kappa shape index (κ2) is 6.83. The van der Waals surface area contributed by atoms with Crippen LogP contribution in [-0.4, -0.2) is 28.2 Å². The van der Waals surface area contributed by atoms with E-state index in [0.29, 0.717) is 11.1 Å². The van der Waals surface area contributed by atoms with Gasteiger partial charge in [-0.3, -0.25) is 14.9 Å². The van der Waals surface area contributed by atoms with Gasteiger partial charge in [-0.25, -0.2) is 0 Å². The molecule has 1 heterocycles. The van der Waals surface area contributed by atoms with Gasteiger partial charge in [0.25, 0.3) is 5.69 Å². The fourth-order valence-corrected chi connectivity index (χ4v) is 3.64. The molecule has 1 aliphatic carbocycles. The standard InChI is InChI=1S/C20H14N4O5/c1-28-18(25)16-15(12-7-9-14(10-8-12)24(26)27)20(16,11-21)19-23-22-17(29-19)13-5-3-2-4-6-13/h2-10,15-16H,1H3/t15-,16+,20-/m1/s1. The lowest BCUT2D eigenvalue weighted by Crippen LogP contribution is -2.15. The van der Waals surface area contributed by atoms with Crippen molar-refractivity contribution in [3.63, 3.8) is 0 Å².